The van der Waals surface area contributed by atoms with Crippen LogP contribution in [-0.2, 0) is 9.84 Å². The van der Waals surface area contributed by atoms with Crippen molar-refractivity contribution in [1.29, 1.82) is 0 Å². The van der Waals surface area contributed by atoms with E-state index in [0.717, 1.165) is 12.8 Å². The Bertz CT molecular complexity index is 405. The van der Waals surface area contributed by atoms with Crippen LogP contribution in [0.3, 0.4) is 0 Å². The molecule has 2 rings (SSSR count). The largest absolute Gasteiger partial charge is 0.301 e. The molecule has 13 heavy (non-hydrogen) atoms. The summed E-state index contributed by atoms with van der Waals surface area (Å²) in [4.78, 5) is 0. The van der Waals surface area contributed by atoms with Gasteiger partial charge in [-0.3, -0.25) is 0 Å². The molecule has 1 aromatic rings. The molecule has 5 nitrogen and oxygen atoms in total. The van der Waals surface area contributed by atoms with Gasteiger partial charge in [-0.15, -0.1) is 10.2 Å². The number of rotatable bonds is 3. The first-order valence-electron chi connectivity index (χ1n) is 4.27. The summed E-state index contributed by atoms with van der Waals surface area (Å²) in [6, 6.07) is 0.311. The molecule has 1 fully saturated rings. The van der Waals surface area contributed by atoms with Crippen LogP contribution in [-0.4, -0.2) is 28.9 Å². The summed E-state index contributed by atoms with van der Waals surface area (Å²) >= 11 is 0. The zero-order chi connectivity index (χ0) is 9.47. The third-order valence-corrected chi connectivity index (χ3v) is 3.75. The quantitative estimate of drug-likeness (QED) is 0.710. The van der Waals surface area contributed by atoms with Crippen molar-refractivity contribution in [3.05, 3.63) is 6.33 Å². The average Bonchev–Trinajstić information content (AvgIpc) is 2.83. The van der Waals surface area contributed by atoms with Gasteiger partial charge in [0.05, 0.1) is 5.75 Å². The lowest BCUT2D eigenvalue weighted by molar-refractivity contribution is 0.566. The molecule has 1 heterocycles. The van der Waals surface area contributed by atoms with Gasteiger partial charge >= 0.3 is 0 Å². The van der Waals surface area contributed by atoms with Crippen molar-refractivity contribution in [2.45, 2.75) is 31.0 Å². The van der Waals surface area contributed by atoms with Crippen molar-refractivity contribution >= 4 is 9.84 Å². The summed E-state index contributed by atoms with van der Waals surface area (Å²) < 4.78 is 24.6. The Kier molecular flexibility index (Phi) is 1.87. The van der Waals surface area contributed by atoms with Crippen molar-refractivity contribution in [3.63, 3.8) is 0 Å². The van der Waals surface area contributed by atoms with E-state index in [9.17, 15) is 8.42 Å². The fraction of sp³-hybridized carbons (Fsp3) is 0.714. The molecule has 0 aliphatic heterocycles. The fourth-order valence-corrected chi connectivity index (χ4v) is 2.13. The van der Waals surface area contributed by atoms with Crippen LogP contribution in [0.2, 0.25) is 0 Å². The second-order valence-corrected chi connectivity index (χ2v) is 5.33. The second-order valence-electron chi connectivity index (χ2n) is 3.16. The lowest BCUT2D eigenvalue weighted by Crippen LogP contribution is -2.11. The van der Waals surface area contributed by atoms with Gasteiger partial charge in [0.1, 0.15) is 6.33 Å². The Morgan fingerprint density at radius 3 is 2.85 bits per heavy atom. The Morgan fingerprint density at radius 1 is 1.62 bits per heavy atom. The highest BCUT2D eigenvalue weighted by Crippen LogP contribution is 2.36. The first kappa shape index (κ1) is 8.68. The first-order valence-corrected chi connectivity index (χ1v) is 5.92. The van der Waals surface area contributed by atoms with Crippen molar-refractivity contribution in [3.8, 4) is 0 Å². The Balaban J connectivity index is 2.45. The van der Waals surface area contributed by atoms with E-state index in [1.54, 1.807) is 11.5 Å². The minimum absolute atomic E-state index is 0.0818. The number of hydrogen-bond donors (Lipinski definition) is 0. The third kappa shape index (κ3) is 1.46. The van der Waals surface area contributed by atoms with Crippen molar-refractivity contribution in [2.75, 3.05) is 5.75 Å². The standard InChI is InChI=1S/C7H11N3O2S/c1-2-13(11,12)7-9-8-5-10(7)6-3-4-6/h5-6H,2-4H2,1H3. The van der Waals surface area contributed by atoms with E-state index in [1.807, 2.05) is 0 Å². The van der Waals surface area contributed by atoms with Crippen molar-refractivity contribution in [2.24, 2.45) is 0 Å². The van der Waals surface area contributed by atoms with Gasteiger partial charge in [-0.25, -0.2) is 8.42 Å². The average molecular weight is 201 g/mol. The SMILES string of the molecule is CCS(=O)(=O)c1nncn1C1CC1. The summed E-state index contributed by atoms with van der Waals surface area (Å²) in [5.74, 6) is 0.0818. The molecule has 0 unspecified atom stereocenters. The maximum Gasteiger partial charge on any atom is 0.249 e. The monoisotopic (exact) mass is 201 g/mol. The molecule has 0 atom stereocenters. The number of aromatic nitrogens is 3. The zero-order valence-corrected chi connectivity index (χ0v) is 8.16. The van der Waals surface area contributed by atoms with E-state index in [1.165, 1.54) is 6.33 Å². The molecule has 72 valence electrons. The van der Waals surface area contributed by atoms with Crippen LogP contribution in [0.25, 0.3) is 0 Å². The zero-order valence-electron chi connectivity index (χ0n) is 7.34. The third-order valence-electron chi connectivity index (χ3n) is 2.14. The van der Waals surface area contributed by atoms with Crippen LogP contribution in [0.1, 0.15) is 25.8 Å². The van der Waals surface area contributed by atoms with E-state index in [-0.39, 0.29) is 10.9 Å². The molecule has 1 aromatic heterocycles. The van der Waals surface area contributed by atoms with Crippen LogP contribution >= 0.6 is 0 Å². The van der Waals surface area contributed by atoms with Gasteiger partial charge in [-0.2, -0.15) is 0 Å². The predicted molar refractivity (Wildman–Crippen MR) is 46.0 cm³/mol. The predicted octanol–water partition coefficient (Wildman–Crippen LogP) is 0.407. The van der Waals surface area contributed by atoms with E-state index in [0.29, 0.717) is 6.04 Å². The van der Waals surface area contributed by atoms with Gasteiger partial charge in [0, 0.05) is 6.04 Å². The molecule has 1 saturated carbocycles. The van der Waals surface area contributed by atoms with Crippen LogP contribution in [0.15, 0.2) is 11.5 Å². The summed E-state index contributed by atoms with van der Waals surface area (Å²) in [7, 11) is -3.20. The maximum absolute atomic E-state index is 11.5. The van der Waals surface area contributed by atoms with E-state index in [2.05, 4.69) is 10.2 Å². The maximum atomic E-state index is 11.5. The lowest BCUT2D eigenvalue weighted by atomic mass is 10.7. The minimum Gasteiger partial charge on any atom is -0.301 e. The number of nitrogens with zero attached hydrogens (tertiary/aromatic N) is 3. The Morgan fingerprint density at radius 2 is 2.31 bits per heavy atom. The van der Waals surface area contributed by atoms with Crippen molar-refractivity contribution in [1.82, 2.24) is 14.8 Å². The van der Waals surface area contributed by atoms with Gasteiger partial charge < -0.3 is 4.57 Å². The van der Waals surface area contributed by atoms with Crippen molar-refractivity contribution < 1.29 is 8.42 Å². The van der Waals surface area contributed by atoms with Crippen LogP contribution in [0.5, 0.6) is 0 Å². The topological polar surface area (TPSA) is 64.8 Å². The van der Waals surface area contributed by atoms with Crippen LogP contribution in [0.4, 0.5) is 0 Å². The summed E-state index contributed by atoms with van der Waals surface area (Å²) in [6.07, 6.45) is 3.56. The van der Waals surface area contributed by atoms with E-state index in [4.69, 9.17) is 0 Å². The highest BCUT2D eigenvalue weighted by molar-refractivity contribution is 7.91. The molecular weight excluding hydrogens is 190 g/mol. The summed E-state index contributed by atoms with van der Waals surface area (Å²) in [6.45, 7) is 1.61. The molecule has 0 N–H and O–H groups in total. The van der Waals surface area contributed by atoms with Gasteiger partial charge in [-0.1, -0.05) is 6.92 Å². The molecule has 1 aliphatic carbocycles. The van der Waals surface area contributed by atoms with E-state index >= 15 is 0 Å². The molecule has 6 heteroatoms. The number of sulfone groups is 1. The van der Waals surface area contributed by atoms with Gasteiger partial charge in [0.2, 0.25) is 15.0 Å². The smallest absolute Gasteiger partial charge is 0.249 e. The number of hydrogen-bond acceptors (Lipinski definition) is 4. The molecule has 0 aromatic carbocycles. The molecule has 1 aliphatic rings. The van der Waals surface area contributed by atoms with Crippen LogP contribution < -0.4 is 0 Å². The normalized spacial score (nSPS) is 17.6. The molecule has 0 bridgehead atoms. The van der Waals surface area contributed by atoms with Gasteiger partial charge in [-0.05, 0) is 12.8 Å². The van der Waals surface area contributed by atoms with Gasteiger partial charge in [0.15, 0.2) is 0 Å². The Hall–Kier alpha value is -0.910. The lowest BCUT2D eigenvalue weighted by Gasteiger charge is -2.02. The second kappa shape index (κ2) is 2.80. The van der Waals surface area contributed by atoms with Gasteiger partial charge in [0.25, 0.3) is 0 Å². The molecule has 0 spiro atoms. The van der Waals surface area contributed by atoms with E-state index < -0.39 is 9.84 Å². The summed E-state index contributed by atoms with van der Waals surface area (Å²) in [5, 5.41) is 7.40. The Labute approximate surface area is 76.7 Å². The highest BCUT2D eigenvalue weighted by Gasteiger charge is 2.30. The molecular formula is C7H11N3O2S. The van der Waals surface area contributed by atoms with Crippen LogP contribution in [0, 0.1) is 0 Å². The fourth-order valence-electron chi connectivity index (χ4n) is 1.19. The molecule has 0 amide bonds. The minimum atomic E-state index is -3.20. The molecule has 0 radical (unpaired) electrons. The summed E-state index contributed by atoms with van der Waals surface area (Å²) in [5.41, 5.74) is 0. The highest BCUT2D eigenvalue weighted by atomic mass is 32.2. The first-order chi connectivity index (χ1) is 6.15. The molecule has 0 saturated heterocycles.